The lowest BCUT2D eigenvalue weighted by Gasteiger charge is -2.23. The van der Waals surface area contributed by atoms with Crippen LogP contribution in [0.3, 0.4) is 0 Å². The van der Waals surface area contributed by atoms with Gasteiger partial charge in [-0.1, -0.05) is 19.3 Å². The van der Waals surface area contributed by atoms with Crippen LogP contribution in [0.2, 0.25) is 0 Å². The van der Waals surface area contributed by atoms with Crippen molar-refractivity contribution in [2.45, 2.75) is 64.0 Å². The van der Waals surface area contributed by atoms with Crippen LogP contribution in [0.15, 0.2) is 0 Å². The molecule has 1 fully saturated rings. The Hall–Kier alpha value is -0.610. The van der Waals surface area contributed by atoms with Gasteiger partial charge in [0.25, 0.3) is 0 Å². The molecule has 1 amide bonds. The molecule has 0 radical (unpaired) electrons. The first-order valence-corrected chi connectivity index (χ1v) is 6.82. The van der Waals surface area contributed by atoms with Gasteiger partial charge in [-0.05, 0) is 32.6 Å². The van der Waals surface area contributed by atoms with Gasteiger partial charge >= 0.3 is 0 Å². The van der Waals surface area contributed by atoms with E-state index in [1.54, 1.807) is 0 Å². The number of hydrogen-bond donors (Lipinski definition) is 3. The van der Waals surface area contributed by atoms with Gasteiger partial charge in [-0.15, -0.1) is 0 Å². The number of aliphatic hydroxyl groups is 1. The Morgan fingerprint density at radius 3 is 2.82 bits per heavy atom. The van der Waals surface area contributed by atoms with E-state index in [0.29, 0.717) is 0 Å². The molecule has 3 unspecified atom stereocenters. The lowest BCUT2D eigenvalue weighted by atomic mass is 9.94. The third-order valence-electron chi connectivity index (χ3n) is 3.59. The molecule has 0 heterocycles. The Kier molecular flexibility index (Phi) is 6.52. The van der Waals surface area contributed by atoms with Crippen molar-refractivity contribution in [3.8, 4) is 0 Å². The third-order valence-corrected chi connectivity index (χ3v) is 3.59. The third kappa shape index (κ3) is 5.04. The fourth-order valence-corrected chi connectivity index (χ4v) is 2.48. The molecule has 1 rings (SSSR count). The molecular weight excluding hydrogens is 216 g/mol. The highest BCUT2D eigenvalue weighted by molar-refractivity contribution is 5.79. The van der Waals surface area contributed by atoms with Crippen molar-refractivity contribution in [3.63, 3.8) is 0 Å². The lowest BCUT2D eigenvalue weighted by molar-refractivity contribution is -0.126. The Bertz CT molecular complexity index is 233. The summed E-state index contributed by atoms with van der Waals surface area (Å²) >= 11 is 0. The number of nitrogens with one attached hydrogen (secondary N) is 1. The van der Waals surface area contributed by atoms with E-state index in [2.05, 4.69) is 5.32 Å². The van der Waals surface area contributed by atoms with Crippen LogP contribution in [0, 0.1) is 5.92 Å². The van der Waals surface area contributed by atoms with Gasteiger partial charge in [0.1, 0.15) is 0 Å². The highest BCUT2D eigenvalue weighted by Crippen LogP contribution is 2.22. The lowest BCUT2D eigenvalue weighted by Crippen LogP contribution is -2.44. The minimum atomic E-state index is -0.0194. The van der Waals surface area contributed by atoms with Crippen molar-refractivity contribution in [2.75, 3.05) is 6.61 Å². The maximum absolute atomic E-state index is 12.1. The molecular formula is C13H26N2O2. The first kappa shape index (κ1) is 14.5. The molecule has 4 nitrogen and oxygen atoms in total. The van der Waals surface area contributed by atoms with Crippen LogP contribution in [0.5, 0.6) is 0 Å². The van der Waals surface area contributed by atoms with Gasteiger partial charge in [0.15, 0.2) is 0 Å². The minimum Gasteiger partial charge on any atom is -0.396 e. The Labute approximate surface area is 104 Å². The van der Waals surface area contributed by atoms with Gasteiger partial charge in [0.2, 0.25) is 5.91 Å². The van der Waals surface area contributed by atoms with Gasteiger partial charge in [0.05, 0.1) is 5.92 Å². The van der Waals surface area contributed by atoms with Crippen LogP contribution in [-0.2, 0) is 4.79 Å². The summed E-state index contributed by atoms with van der Waals surface area (Å²) in [5.41, 5.74) is 6.05. The van der Waals surface area contributed by atoms with E-state index in [1.807, 2.05) is 6.92 Å². The monoisotopic (exact) mass is 242 g/mol. The molecule has 0 aromatic carbocycles. The van der Waals surface area contributed by atoms with Crippen molar-refractivity contribution < 1.29 is 9.90 Å². The van der Waals surface area contributed by atoms with Crippen LogP contribution in [0.25, 0.3) is 0 Å². The quantitative estimate of drug-likeness (QED) is 0.633. The normalized spacial score (nSPS) is 27.2. The van der Waals surface area contributed by atoms with E-state index in [4.69, 9.17) is 10.8 Å². The van der Waals surface area contributed by atoms with E-state index in [1.165, 1.54) is 6.42 Å². The predicted octanol–water partition coefficient (Wildman–Crippen LogP) is 1.17. The second kappa shape index (κ2) is 7.67. The summed E-state index contributed by atoms with van der Waals surface area (Å²) in [5.74, 6) is 0.0823. The topological polar surface area (TPSA) is 75.3 Å². The summed E-state index contributed by atoms with van der Waals surface area (Å²) in [6.45, 7) is 2.17. The average Bonchev–Trinajstić information content (AvgIpc) is 2.51. The molecule has 4 N–H and O–H groups in total. The fraction of sp³-hybridized carbons (Fsp3) is 0.923. The first-order valence-electron chi connectivity index (χ1n) is 6.82. The Morgan fingerprint density at radius 1 is 1.41 bits per heavy atom. The predicted molar refractivity (Wildman–Crippen MR) is 68.5 cm³/mol. The van der Waals surface area contributed by atoms with Crippen LogP contribution in [-0.4, -0.2) is 29.7 Å². The summed E-state index contributed by atoms with van der Waals surface area (Å²) in [6, 6.07) is 0.146. The number of rotatable bonds is 5. The number of nitrogens with two attached hydrogens (primary N) is 1. The zero-order valence-electron chi connectivity index (χ0n) is 10.8. The van der Waals surface area contributed by atoms with Crippen LogP contribution in [0.1, 0.15) is 51.9 Å². The first-order chi connectivity index (χ1) is 8.15. The zero-order valence-corrected chi connectivity index (χ0v) is 10.8. The number of hydrogen-bond acceptors (Lipinski definition) is 3. The second-order valence-corrected chi connectivity index (χ2v) is 5.18. The number of carbonyl (C=O) groups excluding carboxylic acids is 1. The smallest absolute Gasteiger partial charge is 0.224 e. The minimum absolute atomic E-state index is 0.0162. The van der Waals surface area contributed by atoms with E-state index in [0.717, 1.165) is 38.5 Å². The number of carbonyl (C=O) groups is 1. The molecule has 3 atom stereocenters. The average molecular weight is 242 g/mol. The van der Waals surface area contributed by atoms with Crippen LogP contribution in [0.4, 0.5) is 0 Å². The van der Waals surface area contributed by atoms with Crippen molar-refractivity contribution >= 4 is 5.91 Å². The maximum Gasteiger partial charge on any atom is 0.224 e. The molecule has 17 heavy (non-hydrogen) atoms. The van der Waals surface area contributed by atoms with Gasteiger partial charge in [0, 0.05) is 18.7 Å². The molecule has 0 saturated heterocycles. The molecule has 1 aliphatic rings. The SMILES string of the molecule is CC(CCCO)NC(=O)C1CCCCCC1N. The summed E-state index contributed by atoms with van der Waals surface area (Å²) in [6.07, 6.45) is 6.88. The fourth-order valence-electron chi connectivity index (χ4n) is 2.48. The molecule has 1 saturated carbocycles. The van der Waals surface area contributed by atoms with Crippen LogP contribution >= 0.6 is 0 Å². The van der Waals surface area contributed by atoms with Gasteiger partial charge < -0.3 is 16.2 Å². The maximum atomic E-state index is 12.1. The van der Waals surface area contributed by atoms with Gasteiger partial charge in [-0.2, -0.15) is 0 Å². The molecule has 4 heteroatoms. The van der Waals surface area contributed by atoms with E-state index in [-0.39, 0.29) is 30.5 Å². The molecule has 0 aromatic heterocycles. The van der Waals surface area contributed by atoms with Crippen molar-refractivity contribution in [3.05, 3.63) is 0 Å². The van der Waals surface area contributed by atoms with Crippen molar-refractivity contribution in [1.82, 2.24) is 5.32 Å². The molecule has 0 aliphatic heterocycles. The summed E-state index contributed by atoms with van der Waals surface area (Å²) < 4.78 is 0. The number of amides is 1. The highest BCUT2D eigenvalue weighted by Gasteiger charge is 2.27. The summed E-state index contributed by atoms with van der Waals surface area (Å²) in [4.78, 5) is 12.1. The Balaban J connectivity index is 2.39. The molecule has 0 aromatic rings. The Morgan fingerprint density at radius 2 is 2.12 bits per heavy atom. The largest absolute Gasteiger partial charge is 0.396 e. The molecule has 100 valence electrons. The van der Waals surface area contributed by atoms with Gasteiger partial charge in [-0.3, -0.25) is 4.79 Å². The van der Waals surface area contributed by atoms with Gasteiger partial charge in [-0.25, -0.2) is 0 Å². The number of aliphatic hydroxyl groups excluding tert-OH is 1. The summed E-state index contributed by atoms with van der Waals surface area (Å²) in [5, 5.41) is 11.8. The highest BCUT2D eigenvalue weighted by atomic mass is 16.2. The van der Waals surface area contributed by atoms with Crippen molar-refractivity contribution in [2.24, 2.45) is 11.7 Å². The zero-order chi connectivity index (χ0) is 12.7. The summed E-state index contributed by atoms with van der Waals surface area (Å²) in [7, 11) is 0. The van der Waals surface area contributed by atoms with E-state index < -0.39 is 0 Å². The standard InChI is InChI=1S/C13H26N2O2/c1-10(6-5-9-16)15-13(17)11-7-3-2-4-8-12(11)14/h10-12,16H,2-9,14H2,1H3,(H,15,17). The van der Waals surface area contributed by atoms with E-state index >= 15 is 0 Å². The second-order valence-electron chi connectivity index (χ2n) is 5.18. The van der Waals surface area contributed by atoms with E-state index in [9.17, 15) is 4.79 Å². The molecule has 1 aliphatic carbocycles. The molecule has 0 bridgehead atoms. The van der Waals surface area contributed by atoms with Crippen LogP contribution < -0.4 is 11.1 Å². The van der Waals surface area contributed by atoms with Crippen molar-refractivity contribution in [1.29, 1.82) is 0 Å². The molecule has 0 spiro atoms.